The lowest BCUT2D eigenvalue weighted by molar-refractivity contribution is 0.117. The van der Waals surface area contributed by atoms with Gasteiger partial charge in [0.2, 0.25) is 0 Å². The summed E-state index contributed by atoms with van der Waals surface area (Å²) in [5.41, 5.74) is 1.98. The highest BCUT2D eigenvalue weighted by Gasteiger charge is 2.05. The van der Waals surface area contributed by atoms with E-state index in [1.54, 1.807) is 0 Å². The average molecular weight is 331 g/mol. The lowest BCUT2D eigenvalue weighted by Crippen LogP contribution is -2.17. The van der Waals surface area contributed by atoms with Gasteiger partial charge in [-0.05, 0) is 29.7 Å². The van der Waals surface area contributed by atoms with Crippen LogP contribution in [0.1, 0.15) is 31.7 Å². The summed E-state index contributed by atoms with van der Waals surface area (Å²) >= 11 is 5.91. The zero-order chi connectivity index (χ0) is 15.6. The van der Waals surface area contributed by atoms with Gasteiger partial charge in [-0.15, -0.1) is 0 Å². The Bertz CT molecular complexity index is 527. The molecule has 1 nitrogen and oxygen atoms in total. The second-order valence-electron chi connectivity index (χ2n) is 5.59. The maximum Gasteiger partial charge on any atom is 0.0839 e. The number of hydrogen-bond acceptors (Lipinski definition) is 1. The van der Waals surface area contributed by atoms with E-state index in [2.05, 4.69) is 43.3 Å². The van der Waals surface area contributed by atoms with Gasteiger partial charge in [0, 0.05) is 11.6 Å². The molecule has 3 heteroatoms. The molecular weight excluding hydrogens is 308 g/mol. The van der Waals surface area contributed by atoms with Crippen LogP contribution in [0.3, 0.4) is 0 Å². The Morgan fingerprint density at radius 1 is 1.00 bits per heavy atom. The van der Waals surface area contributed by atoms with Gasteiger partial charge in [-0.25, -0.2) is 0 Å². The molecule has 2 aromatic rings. The van der Waals surface area contributed by atoms with E-state index >= 15 is 0 Å². The van der Waals surface area contributed by atoms with Crippen molar-refractivity contribution < 1.29 is 4.74 Å². The van der Waals surface area contributed by atoms with Gasteiger partial charge >= 0.3 is 0 Å². The molecule has 0 saturated heterocycles. The second kappa shape index (κ2) is 9.83. The molecule has 22 heavy (non-hydrogen) atoms. The minimum atomic E-state index is 0.725. The molecule has 0 amide bonds. The Labute approximate surface area is 141 Å². The van der Waals surface area contributed by atoms with Crippen LogP contribution < -0.4 is 5.19 Å². The molecule has 0 saturated carbocycles. The van der Waals surface area contributed by atoms with E-state index in [0.717, 1.165) is 39.7 Å². The number of ether oxygens (including phenoxy) is 1. The molecule has 1 atom stereocenters. The van der Waals surface area contributed by atoms with Crippen molar-refractivity contribution in [1.29, 1.82) is 0 Å². The van der Waals surface area contributed by atoms with Crippen LogP contribution in [0, 0.1) is 0 Å². The van der Waals surface area contributed by atoms with E-state index in [0.29, 0.717) is 0 Å². The molecule has 0 aromatic heterocycles. The quantitative estimate of drug-likeness (QED) is 0.471. The standard InChI is InChI=1S/C19H23ClOSi/c1-16(22-19-12-10-18(20)11-13-19)7-5-6-14-21-15-17-8-3-2-4-9-17/h2-4,8-13,16H,5-7,14-15H2,1H3/t16-/m0/s1. The Morgan fingerprint density at radius 2 is 1.73 bits per heavy atom. The van der Waals surface area contributed by atoms with E-state index < -0.39 is 0 Å². The topological polar surface area (TPSA) is 9.23 Å². The first-order chi connectivity index (χ1) is 10.7. The minimum absolute atomic E-state index is 0.725. The van der Waals surface area contributed by atoms with Crippen LogP contribution in [0.2, 0.25) is 10.6 Å². The van der Waals surface area contributed by atoms with Gasteiger partial charge in [-0.3, -0.25) is 0 Å². The maximum atomic E-state index is 5.91. The zero-order valence-corrected chi connectivity index (χ0v) is 14.9. The molecule has 0 aliphatic heterocycles. The first-order valence-electron chi connectivity index (χ1n) is 7.88. The van der Waals surface area contributed by atoms with Gasteiger partial charge in [0.25, 0.3) is 0 Å². The molecule has 2 radical (unpaired) electrons. The Balaban J connectivity index is 1.53. The van der Waals surface area contributed by atoms with Crippen LogP contribution in [0.25, 0.3) is 0 Å². The maximum absolute atomic E-state index is 5.91. The summed E-state index contributed by atoms with van der Waals surface area (Å²) < 4.78 is 5.72. The van der Waals surface area contributed by atoms with E-state index in [-0.39, 0.29) is 0 Å². The van der Waals surface area contributed by atoms with Crippen molar-refractivity contribution in [2.75, 3.05) is 6.61 Å². The van der Waals surface area contributed by atoms with Crippen LogP contribution in [0.4, 0.5) is 0 Å². The Morgan fingerprint density at radius 3 is 2.45 bits per heavy atom. The number of rotatable bonds is 9. The summed E-state index contributed by atoms with van der Waals surface area (Å²) in [5.74, 6) is 0. The molecule has 2 aromatic carbocycles. The molecule has 116 valence electrons. The summed E-state index contributed by atoms with van der Waals surface area (Å²) in [4.78, 5) is 0. The number of halogens is 1. The highest BCUT2D eigenvalue weighted by atomic mass is 35.5. The van der Waals surface area contributed by atoms with Crippen molar-refractivity contribution in [3.05, 3.63) is 65.2 Å². The lowest BCUT2D eigenvalue weighted by Gasteiger charge is -2.10. The van der Waals surface area contributed by atoms with Gasteiger partial charge in [0.1, 0.15) is 0 Å². The second-order valence-corrected chi connectivity index (χ2v) is 7.87. The predicted molar refractivity (Wildman–Crippen MR) is 96.2 cm³/mol. The third-order valence-corrected chi connectivity index (χ3v) is 5.24. The molecule has 0 N–H and O–H groups in total. The Hall–Kier alpha value is -1.09. The fourth-order valence-corrected chi connectivity index (χ4v) is 3.72. The molecule has 0 heterocycles. The summed E-state index contributed by atoms with van der Waals surface area (Å²) in [6.07, 6.45) is 3.63. The van der Waals surface area contributed by atoms with E-state index in [9.17, 15) is 0 Å². The molecule has 0 aliphatic rings. The van der Waals surface area contributed by atoms with E-state index in [1.165, 1.54) is 23.6 Å². The van der Waals surface area contributed by atoms with Crippen molar-refractivity contribution in [3.63, 3.8) is 0 Å². The minimum Gasteiger partial charge on any atom is -0.377 e. The average Bonchev–Trinajstić information content (AvgIpc) is 2.54. The van der Waals surface area contributed by atoms with Gasteiger partial charge in [-0.1, -0.05) is 79.0 Å². The molecule has 0 spiro atoms. The summed E-state index contributed by atoms with van der Waals surface area (Å²) in [7, 11) is 0.865. The summed E-state index contributed by atoms with van der Waals surface area (Å²) in [6.45, 7) is 3.91. The van der Waals surface area contributed by atoms with Crippen molar-refractivity contribution in [3.8, 4) is 0 Å². The predicted octanol–water partition coefficient (Wildman–Crippen LogP) is 4.87. The molecule has 2 rings (SSSR count). The van der Waals surface area contributed by atoms with Crippen LogP contribution >= 0.6 is 11.6 Å². The SMILES string of the molecule is C[C@@H](CCCCOCc1ccccc1)[Si]c1ccc(Cl)cc1. The summed E-state index contributed by atoms with van der Waals surface area (Å²) in [6, 6.07) is 18.6. The monoisotopic (exact) mass is 330 g/mol. The number of hydrogen-bond donors (Lipinski definition) is 0. The molecule has 0 unspecified atom stereocenters. The van der Waals surface area contributed by atoms with Crippen LogP contribution in [-0.2, 0) is 11.3 Å². The van der Waals surface area contributed by atoms with Crippen molar-refractivity contribution in [2.24, 2.45) is 0 Å². The van der Waals surface area contributed by atoms with Gasteiger partial charge in [0.15, 0.2) is 0 Å². The Kier molecular flexibility index (Phi) is 7.71. The van der Waals surface area contributed by atoms with Crippen molar-refractivity contribution in [2.45, 2.75) is 38.3 Å². The highest BCUT2D eigenvalue weighted by molar-refractivity contribution is 6.55. The number of benzene rings is 2. The van der Waals surface area contributed by atoms with Crippen molar-refractivity contribution in [1.82, 2.24) is 0 Å². The molecule has 0 aliphatic carbocycles. The van der Waals surface area contributed by atoms with Gasteiger partial charge in [-0.2, -0.15) is 0 Å². The van der Waals surface area contributed by atoms with E-state index in [4.69, 9.17) is 16.3 Å². The van der Waals surface area contributed by atoms with Crippen LogP contribution in [0.15, 0.2) is 54.6 Å². The normalized spacial score (nSPS) is 12.3. The van der Waals surface area contributed by atoms with E-state index in [1.807, 2.05) is 18.2 Å². The number of unbranched alkanes of at least 4 members (excludes halogenated alkanes) is 1. The largest absolute Gasteiger partial charge is 0.377 e. The van der Waals surface area contributed by atoms with Crippen molar-refractivity contribution >= 4 is 26.3 Å². The molecule has 0 bridgehead atoms. The fourth-order valence-electron chi connectivity index (χ4n) is 2.32. The first-order valence-corrected chi connectivity index (χ1v) is 9.33. The third kappa shape index (κ3) is 6.78. The lowest BCUT2D eigenvalue weighted by atomic mass is 10.2. The van der Waals surface area contributed by atoms with Gasteiger partial charge in [0.05, 0.1) is 16.1 Å². The molecular formula is C19H23ClOSi. The smallest absolute Gasteiger partial charge is 0.0839 e. The fraction of sp³-hybridized carbons (Fsp3) is 0.368. The zero-order valence-electron chi connectivity index (χ0n) is 13.1. The van der Waals surface area contributed by atoms with Gasteiger partial charge < -0.3 is 4.74 Å². The highest BCUT2D eigenvalue weighted by Crippen LogP contribution is 2.13. The summed E-state index contributed by atoms with van der Waals surface area (Å²) in [5, 5.41) is 2.22. The molecule has 0 fully saturated rings. The van der Waals surface area contributed by atoms with Crippen LogP contribution in [-0.4, -0.2) is 16.1 Å². The first kappa shape index (κ1) is 17.3. The van der Waals surface area contributed by atoms with Crippen LogP contribution in [0.5, 0.6) is 0 Å². The third-order valence-electron chi connectivity index (χ3n) is 3.54.